The summed E-state index contributed by atoms with van der Waals surface area (Å²) in [6.45, 7) is 0.265. The third kappa shape index (κ3) is 4.87. The van der Waals surface area contributed by atoms with Crippen molar-refractivity contribution in [1.29, 1.82) is 0 Å². The van der Waals surface area contributed by atoms with Gasteiger partial charge >= 0.3 is 6.03 Å². The van der Waals surface area contributed by atoms with Gasteiger partial charge in [-0.15, -0.1) is 0 Å². The van der Waals surface area contributed by atoms with Crippen LogP contribution in [-0.2, 0) is 6.54 Å². The van der Waals surface area contributed by atoms with Crippen molar-refractivity contribution in [3.63, 3.8) is 0 Å². The second-order valence-corrected chi connectivity index (χ2v) is 5.41. The Morgan fingerprint density at radius 1 is 0.815 bits per heavy atom. The fourth-order valence-electron chi connectivity index (χ4n) is 2.49. The molecule has 0 atom stereocenters. The summed E-state index contributed by atoms with van der Waals surface area (Å²) < 4.78 is 26.3. The quantitative estimate of drug-likeness (QED) is 0.736. The largest absolute Gasteiger partial charge is 0.497 e. The average Bonchev–Trinajstić information content (AvgIpc) is 2.71. The zero-order valence-electron chi connectivity index (χ0n) is 16.0. The van der Waals surface area contributed by atoms with Gasteiger partial charge in [0.2, 0.25) is 5.75 Å². The number of methoxy groups -OCH3 is 5. The highest BCUT2D eigenvalue weighted by Crippen LogP contribution is 2.38. The van der Waals surface area contributed by atoms with Crippen molar-refractivity contribution in [2.24, 2.45) is 0 Å². The van der Waals surface area contributed by atoms with Crippen LogP contribution in [0.3, 0.4) is 0 Å². The minimum atomic E-state index is -0.382. The van der Waals surface area contributed by atoms with Gasteiger partial charge in [-0.25, -0.2) is 4.79 Å². The van der Waals surface area contributed by atoms with Gasteiger partial charge in [0.1, 0.15) is 11.5 Å². The highest BCUT2D eigenvalue weighted by molar-refractivity contribution is 5.91. The predicted octanol–water partition coefficient (Wildman–Crippen LogP) is 3.05. The van der Waals surface area contributed by atoms with E-state index in [1.165, 1.54) is 28.4 Å². The standard InChI is InChI=1S/C19H24N2O6/c1-23-13-6-7-14(15(10-13)24-2)21-19(22)20-11-12-8-16(25-3)18(27-5)17(9-12)26-4/h6-10H,11H2,1-5H3,(H2,20,21,22). The SMILES string of the molecule is COc1ccc(NC(=O)NCc2cc(OC)c(OC)c(OC)c2)c(OC)c1. The first-order valence-electron chi connectivity index (χ1n) is 8.12. The molecule has 0 heterocycles. The zero-order chi connectivity index (χ0) is 19.8. The fraction of sp³-hybridized carbons (Fsp3) is 0.316. The van der Waals surface area contributed by atoms with E-state index in [-0.39, 0.29) is 12.6 Å². The summed E-state index contributed by atoms with van der Waals surface area (Å²) in [6.07, 6.45) is 0. The second-order valence-electron chi connectivity index (χ2n) is 5.41. The number of benzene rings is 2. The molecule has 0 saturated heterocycles. The Labute approximate surface area is 158 Å². The van der Waals surface area contributed by atoms with E-state index in [4.69, 9.17) is 23.7 Å². The molecule has 2 aromatic carbocycles. The van der Waals surface area contributed by atoms with Gasteiger partial charge in [-0.05, 0) is 29.8 Å². The Bertz CT molecular complexity index is 769. The second kappa shape index (κ2) is 9.42. The molecule has 2 rings (SSSR count). The molecule has 0 spiro atoms. The number of rotatable bonds is 8. The van der Waals surface area contributed by atoms with E-state index >= 15 is 0 Å². The van der Waals surface area contributed by atoms with Crippen LogP contribution in [0.1, 0.15) is 5.56 Å². The third-order valence-corrected chi connectivity index (χ3v) is 3.83. The van der Waals surface area contributed by atoms with Crippen LogP contribution in [-0.4, -0.2) is 41.6 Å². The van der Waals surface area contributed by atoms with Crippen LogP contribution in [0.4, 0.5) is 10.5 Å². The van der Waals surface area contributed by atoms with Gasteiger partial charge in [0, 0.05) is 12.6 Å². The molecule has 0 bridgehead atoms. The minimum Gasteiger partial charge on any atom is -0.497 e. The van der Waals surface area contributed by atoms with Gasteiger partial charge in [-0.2, -0.15) is 0 Å². The lowest BCUT2D eigenvalue weighted by Crippen LogP contribution is -2.28. The Balaban J connectivity index is 2.08. The van der Waals surface area contributed by atoms with Crippen LogP contribution in [0.2, 0.25) is 0 Å². The molecule has 0 aliphatic carbocycles. The van der Waals surface area contributed by atoms with Gasteiger partial charge in [0.05, 0.1) is 41.2 Å². The summed E-state index contributed by atoms with van der Waals surface area (Å²) in [6, 6.07) is 8.29. The van der Waals surface area contributed by atoms with Crippen molar-refractivity contribution in [2.75, 3.05) is 40.9 Å². The number of urea groups is 1. The summed E-state index contributed by atoms with van der Waals surface area (Å²) in [7, 11) is 7.70. The molecule has 0 fully saturated rings. The number of anilines is 1. The molecular weight excluding hydrogens is 352 g/mol. The predicted molar refractivity (Wildman–Crippen MR) is 102 cm³/mol. The Hall–Kier alpha value is -3.29. The van der Waals surface area contributed by atoms with E-state index < -0.39 is 0 Å². The lowest BCUT2D eigenvalue weighted by Gasteiger charge is -2.15. The highest BCUT2D eigenvalue weighted by atomic mass is 16.5. The molecular formula is C19H24N2O6. The molecule has 8 nitrogen and oxygen atoms in total. The first-order chi connectivity index (χ1) is 13.1. The summed E-state index contributed by atoms with van der Waals surface area (Å²) in [5.41, 5.74) is 1.32. The molecule has 2 aromatic rings. The molecule has 0 radical (unpaired) electrons. The van der Waals surface area contributed by atoms with E-state index in [0.717, 1.165) is 5.56 Å². The lowest BCUT2D eigenvalue weighted by molar-refractivity contribution is 0.251. The van der Waals surface area contributed by atoms with Gasteiger partial charge in [-0.3, -0.25) is 0 Å². The number of hydrogen-bond acceptors (Lipinski definition) is 6. The maximum Gasteiger partial charge on any atom is 0.319 e. The molecule has 0 aromatic heterocycles. The normalized spacial score (nSPS) is 9.96. The topological polar surface area (TPSA) is 87.3 Å². The Morgan fingerprint density at radius 3 is 1.96 bits per heavy atom. The van der Waals surface area contributed by atoms with Gasteiger partial charge in [0.15, 0.2) is 11.5 Å². The van der Waals surface area contributed by atoms with Gasteiger partial charge in [-0.1, -0.05) is 0 Å². The number of amides is 2. The van der Waals surface area contributed by atoms with Crippen LogP contribution >= 0.6 is 0 Å². The van der Waals surface area contributed by atoms with Crippen molar-refractivity contribution >= 4 is 11.7 Å². The van der Waals surface area contributed by atoms with E-state index in [1.54, 1.807) is 37.4 Å². The van der Waals surface area contributed by atoms with E-state index in [1.807, 2.05) is 0 Å². The molecule has 0 unspecified atom stereocenters. The maximum absolute atomic E-state index is 12.2. The van der Waals surface area contributed by atoms with Crippen LogP contribution in [0.5, 0.6) is 28.7 Å². The number of carbonyl (C=O) groups excluding carboxylic acids is 1. The molecule has 27 heavy (non-hydrogen) atoms. The van der Waals surface area contributed by atoms with Crippen molar-refractivity contribution in [3.05, 3.63) is 35.9 Å². The van der Waals surface area contributed by atoms with E-state index in [0.29, 0.717) is 34.4 Å². The number of hydrogen-bond donors (Lipinski definition) is 2. The number of nitrogens with one attached hydrogen (secondary N) is 2. The van der Waals surface area contributed by atoms with Crippen LogP contribution < -0.4 is 34.3 Å². The molecule has 2 amide bonds. The lowest BCUT2D eigenvalue weighted by atomic mass is 10.2. The van der Waals surface area contributed by atoms with Crippen LogP contribution in [0, 0.1) is 0 Å². The molecule has 8 heteroatoms. The molecule has 0 saturated carbocycles. The first-order valence-corrected chi connectivity index (χ1v) is 8.12. The van der Waals surface area contributed by atoms with Crippen molar-refractivity contribution in [1.82, 2.24) is 5.32 Å². The molecule has 2 N–H and O–H groups in total. The van der Waals surface area contributed by atoms with E-state index in [2.05, 4.69) is 10.6 Å². The fourth-order valence-corrected chi connectivity index (χ4v) is 2.49. The smallest absolute Gasteiger partial charge is 0.319 e. The van der Waals surface area contributed by atoms with Crippen molar-refractivity contribution < 1.29 is 28.5 Å². The van der Waals surface area contributed by atoms with Crippen molar-refractivity contribution in [2.45, 2.75) is 6.54 Å². The third-order valence-electron chi connectivity index (χ3n) is 3.83. The Kier molecular flexibility index (Phi) is 6.99. The molecule has 0 aliphatic rings. The summed E-state index contributed by atoms with van der Waals surface area (Å²) in [4.78, 5) is 12.2. The van der Waals surface area contributed by atoms with Crippen LogP contribution in [0.25, 0.3) is 0 Å². The number of carbonyl (C=O) groups is 1. The average molecular weight is 376 g/mol. The summed E-state index contributed by atoms with van der Waals surface area (Å²) in [5, 5.41) is 5.52. The van der Waals surface area contributed by atoms with Gasteiger partial charge < -0.3 is 34.3 Å². The number of ether oxygens (including phenoxy) is 5. The van der Waals surface area contributed by atoms with Gasteiger partial charge in [0.25, 0.3) is 0 Å². The molecule has 146 valence electrons. The molecule has 0 aliphatic heterocycles. The summed E-state index contributed by atoms with van der Waals surface area (Å²) >= 11 is 0. The zero-order valence-corrected chi connectivity index (χ0v) is 16.0. The summed E-state index contributed by atoms with van der Waals surface area (Å²) in [5.74, 6) is 2.67. The van der Waals surface area contributed by atoms with Crippen molar-refractivity contribution in [3.8, 4) is 28.7 Å². The Morgan fingerprint density at radius 2 is 1.44 bits per heavy atom. The monoisotopic (exact) mass is 376 g/mol. The first kappa shape index (κ1) is 20.0. The van der Waals surface area contributed by atoms with E-state index in [9.17, 15) is 4.79 Å². The van der Waals surface area contributed by atoms with Crippen LogP contribution in [0.15, 0.2) is 30.3 Å². The minimum absolute atomic E-state index is 0.265. The highest BCUT2D eigenvalue weighted by Gasteiger charge is 2.14. The maximum atomic E-state index is 12.2.